The molecule has 0 saturated heterocycles. The average Bonchev–Trinajstić information content (AvgIpc) is 2.27. The van der Waals surface area contributed by atoms with Gasteiger partial charge in [0.1, 0.15) is 5.78 Å². The highest BCUT2D eigenvalue weighted by molar-refractivity contribution is 5.81. The minimum absolute atomic E-state index is 0.131. The quantitative estimate of drug-likeness (QED) is 0.828. The fraction of sp³-hybridized carbons (Fsp3) is 0.500. The normalized spacial score (nSPS) is 14.8. The lowest BCUT2D eigenvalue weighted by molar-refractivity contribution is -0.126. The first-order valence-corrected chi connectivity index (χ1v) is 5.78. The Bertz CT molecular complexity index is 330. The molecule has 0 fully saturated rings. The first-order chi connectivity index (χ1) is 7.52. The van der Waals surface area contributed by atoms with Crippen LogP contribution in [-0.2, 0) is 4.79 Å². The van der Waals surface area contributed by atoms with Crippen molar-refractivity contribution in [3.63, 3.8) is 0 Å². The molecule has 2 nitrogen and oxygen atoms in total. The lowest BCUT2D eigenvalue weighted by Crippen LogP contribution is -2.20. The molecule has 0 amide bonds. The summed E-state index contributed by atoms with van der Waals surface area (Å²) >= 11 is 0. The summed E-state index contributed by atoms with van der Waals surface area (Å²) in [6.45, 7) is 5.82. The highest BCUT2D eigenvalue weighted by Crippen LogP contribution is 2.24. The van der Waals surface area contributed by atoms with Crippen molar-refractivity contribution in [2.45, 2.75) is 33.3 Å². The van der Waals surface area contributed by atoms with E-state index in [0.29, 0.717) is 12.3 Å². The lowest BCUT2D eigenvalue weighted by Gasteiger charge is -2.18. The number of Topliss-reactive ketones (excluding diaryl/α,β-unsaturated/α-hetero) is 1. The average molecular weight is 220 g/mol. The second-order valence-corrected chi connectivity index (χ2v) is 4.71. The van der Waals surface area contributed by atoms with Gasteiger partial charge in [0.2, 0.25) is 0 Å². The van der Waals surface area contributed by atoms with E-state index in [1.165, 1.54) is 0 Å². The topological polar surface area (TPSA) is 37.3 Å². The number of hydrogen-bond acceptors (Lipinski definition) is 2. The van der Waals surface area contributed by atoms with E-state index < -0.39 is 6.10 Å². The number of hydrogen-bond donors (Lipinski definition) is 1. The minimum atomic E-state index is -0.688. The van der Waals surface area contributed by atoms with Crippen LogP contribution in [0.2, 0.25) is 0 Å². The maximum absolute atomic E-state index is 11.8. The van der Waals surface area contributed by atoms with E-state index >= 15 is 0 Å². The van der Waals surface area contributed by atoms with Gasteiger partial charge in [0.25, 0.3) is 0 Å². The summed E-state index contributed by atoms with van der Waals surface area (Å²) in [4.78, 5) is 11.8. The molecule has 88 valence electrons. The van der Waals surface area contributed by atoms with Crippen molar-refractivity contribution in [2.75, 3.05) is 0 Å². The van der Waals surface area contributed by atoms with Gasteiger partial charge in [-0.2, -0.15) is 0 Å². The summed E-state index contributed by atoms with van der Waals surface area (Å²) in [5, 5.41) is 10.1. The standard InChI is InChI=1S/C14H20O2/c1-10(2)9-13(15)11(3)14(16)12-7-5-4-6-8-12/h4-8,10-11,14,16H,9H2,1-3H3/t11-,14-/m1/s1. The molecule has 1 aromatic rings. The van der Waals surface area contributed by atoms with Crippen molar-refractivity contribution in [1.82, 2.24) is 0 Å². The van der Waals surface area contributed by atoms with Gasteiger partial charge in [-0.3, -0.25) is 4.79 Å². The third-order valence-electron chi connectivity index (χ3n) is 2.73. The lowest BCUT2D eigenvalue weighted by atomic mass is 9.90. The molecule has 0 saturated carbocycles. The van der Waals surface area contributed by atoms with Crippen molar-refractivity contribution in [1.29, 1.82) is 0 Å². The molecule has 16 heavy (non-hydrogen) atoms. The molecule has 0 spiro atoms. The second-order valence-electron chi connectivity index (χ2n) is 4.71. The molecule has 0 aliphatic heterocycles. The molecular formula is C14H20O2. The van der Waals surface area contributed by atoms with Crippen LogP contribution < -0.4 is 0 Å². The van der Waals surface area contributed by atoms with Crippen LogP contribution in [0, 0.1) is 11.8 Å². The Labute approximate surface area is 97.3 Å². The summed E-state index contributed by atoms with van der Waals surface area (Å²) in [7, 11) is 0. The van der Waals surface area contributed by atoms with Crippen molar-refractivity contribution < 1.29 is 9.90 Å². The fourth-order valence-electron chi connectivity index (χ4n) is 1.70. The maximum Gasteiger partial charge on any atom is 0.138 e. The summed E-state index contributed by atoms with van der Waals surface area (Å²) in [5.74, 6) is 0.147. The van der Waals surface area contributed by atoms with Gasteiger partial charge in [-0.15, -0.1) is 0 Å². The van der Waals surface area contributed by atoms with Gasteiger partial charge in [-0.1, -0.05) is 51.1 Å². The molecule has 1 rings (SSSR count). The second kappa shape index (κ2) is 5.80. The van der Waals surface area contributed by atoms with Crippen molar-refractivity contribution in [2.24, 2.45) is 11.8 Å². The van der Waals surface area contributed by atoms with Crippen LogP contribution in [0.5, 0.6) is 0 Å². The molecule has 1 N–H and O–H groups in total. The van der Waals surface area contributed by atoms with Gasteiger partial charge in [0, 0.05) is 12.3 Å². The number of carbonyl (C=O) groups is 1. The van der Waals surface area contributed by atoms with Crippen molar-refractivity contribution >= 4 is 5.78 Å². The Morgan fingerprint density at radius 1 is 1.19 bits per heavy atom. The molecule has 0 aromatic heterocycles. The predicted octanol–water partition coefficient (Wildman–Crippen LogP) is 2.97. The molecule has 0 heterocycles. The predicted molar refractivity (Wildman–Crippen MR) is 65.0 cm³/mol. The molecule has 0 unspecified atom stereocenters. The molecular weight excluding hydrogens is 200 g/mol. The Morgan fingerprint density at radius 2 is 1.75 bits per heavy atom. The number of ketones is 1. The van der Waals surface area contributed by atoms with Gasteiger partial charge in [-0.25, -0.2) is 0 Å². The van der Waals surface area contributed by atoms with Crippen LogP contribution in [-0.4, -0.2) is 10.9 Å². The van der Waals surface area contributed by atoms with E-state index in [-0.39, 0.29) is 11.7 Å². The number of rotatable bonds is 5. The van der Waals surface area contributed by atoms with Crippen LogP contribution in [0.1, 0.15) is 38.9 Å². The van der Waals surface area contributed by atoms with Crippen LogP contribution in [0.15, 0.2) is 30.3 Å². The smallest absolute Gasteiger partial charge is 0.138 e. The van der Waals surface area contributed by atoms with Gasteiger partial charge in [0.05, 0.1) is 6.10 Å². The van der Waals surface area contributed by atoms with Crippen molar-refractivity contribution in [3.8, 4) is 0 Å². The molecule has 1 aromatic carbocycles. The number of aliphatic hydroxyl groups is 1. The highest BCUT2D eigenvalue weighted by atomic mass is 16.3. The van der Waals surface area contributed by atoms with E-state index in [9.17, 15) is 9.90 Å². The molecule has 0 radical (unpaired) electrons. The minimum Gasteiger partial charge on any atom is -0.388 e. The molecule has 0 bridgehead atoms. The van der Waals surface area contributed by atoms with E-state index in [4.69, 9.17) is 0 Å². The number of carbonyl (C=O) groups excluding carboxylic acids is 1. The van der Waals surface area contributed by atoms with Crippen LogP contribution in [0.25, 0.3) is 0 Å². The van der Waals surface area contributed by atoms with Crippen LogP contribution in [0.3, 0.4) is 0 Å². The molecule has 2 heteroatoms. The Morgan fingerprint density at radius 3 is 2.25 bits per heavy atom. The zero-order chi connectivity index (χ0) is 12.1. The van der Waals surface area contributed by atoms with Crippen molar-refractivity contribution in [3.05, 3.63) is 35.9 Å². The molecule has 0 aliphatic carbocycles. The molecule has 0 aliphatic rings. The van der Waals surface area contributed by atoms with E-state index in [1.807, 2.05) is 44.2 Å². The van der Waals surface area contributed by atoms with Gasteiger partial charge >= 0.3 is 0 Å². The van der Waals surface area contributed by atoms with E-state index in [0.717, 1.165) is 5.56 Å². The zero-order valence-electron chi connectivity index (χ0n) is 10.2. The number of aliphatic hydroxyl groups excluding tert-OH is 1. The Hall–Kier alpha value is -1.15. The Balaban J connectivity index is 2.67. The maximum atomic E-state index is 11.8. The third kappa shape index (κ3) is 3.46. The zero-order valence-corrected chi connectivity index (χ0v) is 10.2. The van der Waals surface area contributed by atoms with E-state index in [1.54, 1.807) is 6.92 Å². The van der Waals surface area contributed by atoms with Gasteiger partial charge < -0.3 is 5.11 Å². The monoisotopic (exact) mass is 220 g/mol. The van der Waals surface area contributed by atoms with Gasteiger partial charge in [0.15, 0.2) is 0 Å². The van der Waals surface area contributed by atoms with E-state index in [2.05, 4.69) is 0 Å². The SMILES string of the molecule is CC(C)CC(=O)[C@@H](C)[C@@H](O)c1ccccc1. The third-order valence-corrected chi connectivity index (χ3v) is 2.73. The summed E-state index contributed by atoms with van der Waals surface area (Å²) in [6.07, 6.45) is -0.155. The molecule has 2 atom stereocenters. The Kier molecular flexibility index (Phi) is 4.69. The largest absolute Gasteiger partial charge is 0.388 e. The summed E-state index contributed by atoms with van der Waals surface area (Å²) in [5.41, 5.74) is 0.812. The number of benzene rings is 1. The van der Waals surface area contributed by atoms with Crippen LogP contribution in [0.4, 0.5) is 0 Å². The fourth-order valence-corrected chi connectivity index (χ4v) is 1.70. The van der Waals surface area contributed by atoms with Gasteiger partial charge in [-0.05, 0) is 11.5 Å². The summed E-state index contributed by atoms with van der Waals surface area (Å²) in [6, 6.07) is 9.35. The first-order valence-electron chi connectivity index (χ1n) is 5.78. The first kappa shape index (κ1) is 12.9. The highest BCUT2D eigenvalue weighted by Gasteiger charge is 2.23. The summed E-state index contributed by atoms with van der Waals surface area (Å²) < 4.78 is 0. The van der Waals surface area contributed by atoms with Crippen LogP contribution >= 0.6 is 0 Å².